The third kappa shape index (κ3) is 3.35. The number of likely N-dealkylation sites (N-methyl/N-ethyl adjacent to an activating group) is 1. The Labute approximate surface area is 104 Å². The van der Waals surface area contributed by atoms with Crippen molar-refractivity contribution >= 4 is 6.09 Å². The van der Waals surface area contributed by atoms with E-state index in [9.17, 15) is 4.79 Å². The lowest BCUT2D eigenvalue weighted by Gasteiger charge is -2.27. The van der Waals surface area contributed by atoms with Crippen molar-refractivity contribution in [1.82, 2.24) is 9.80 Å². The Balaban J connectivity index is 1.84. The van der Waals surface area contributed by atoms with E-state index in [-0.39, 0.29) is 12.2 Å². The summed E-state index contributed by atoms with van der Waals surface area (Å²) in [7, 11) is 4.11. The van der Waals surface area contributed by atoms with Gasteiger partial charge in [-0.3, -0.25) is 0 Å². The van der Waals surface area contributed by atoms with Gasteiger partial charge in [0, 0.05) is 19.1 Å². The number of hydrogen-bond acceptors (Lipinski definition) is 3. The summed E-state index contributed by atoms with van der Waals surface area (Å²) in [6.45, 7) is 1.81. The Morgan fingerprint density at radius 3 is 2.59 bits per heavy atom. The summed E-state index contributed by atoms with van der Waals surface area (Å²) in [6, 6.07) is 0.346. The standard InChI is InChI=1S/C13H24N2O2/c1-14(2)10-11-6-5-9-15(11)13(16)17-12-7-3-4-8-12/h11-12H,3-10H2,1-2H3. The lowest BCUT2D eigenvalue weighted by atomic mass is 10.2. The molecular formula is C13H24N2O2. The molecule has 0 aromatic carbocycles. The van der Waals surface area contributed by atoms with Crippen molar-refractivity contribution in [3.8, 4) is 0 Å². The average Bonchev–Trinajstić information content (AvgIpc) is 2.87. The van der Waals surface area contributed by atoms with E-state index in [0.29, 0.717) is 6.04 Å². The van der Waals surface area contributed by atoms with Gasteiger partial charge in [0.15, 0.2) is 0 Å². The minimum Gasteiger partial charge on any atom is -0.446 e. The van der Waals surface area contributed by atoms with Gasteiger partial charge < -0.3 is 14.5 Å². The van der Waals surface area contributed by atoms with Crippen LogP contribution in [0.15, 0.2) is 0 Å². The molecule has 1 heterocycles. The van der Waals surface area contributed by atoms with Gasteiger partial charge in [0.25, 0.3) is 0 Å². The zero-order chi connectivity index (χ0) is 12.3. The Morgan fingerprint density at radius 1 is 1.24 bits per heavy atom. The van der Waals surface area contributed by atoms with Gasteiger partial charge in [-0.2, -0.15) is 0 Å². The Hall–Kier alpha value is -0.770. The van der Waals surface area contributed by atoms with Gasteiger partial charge in [-0.25, -0.2) is 4.79 Å². The van der Waals surface area contributed by atoms with Crippen molar-refractivity contribution in [2.24, 2.45) is 0 Å². The van der Waals surface area contributed by atoms with Crippen molar-refractivity contribution in [3.05, 3.63) is 0 Å². The number of carbonyl (C=O) groups excluding carboxylic acids is 1. The molecule has 98 valence electrons. The molecule has 0 spiro atoms. The zero-order valence-corrected chi connectivity index (χ0v) is 11.0. The van der Waals surface area contributed by atoms with Crippen LogP contribution in [-0.4, -0.2) is 55.2 Å². The van der Waals surface area contributed by atoms with Crippen LogP contribution in [0, 0.1) is 0 Å². The summed E-state index contributed by atoms with van der Waals surface area (Å²) in [6.07, 6.45) is 6.84. The van der Waals surface area contributed by atoms with Crippen LogP contribution in [0.3, 0.4) is 0 Å². The molecule has 0 aromatic rings. The first-order valence-electron chi connectivity index (χ1n) is 6.79. The molecule has 0 radical (unpaired) electrons. The fourth-order valence-electron chi connectivity index (χ4n) is 2.90. The van der Waals surface area contributed by atoms with Crippen LogP contribution in [0.4, 0.5) is 4.79 Å². The SMILES string of the molecule is CN(C)CC1CCCN1C(=O)OC1CCCC1. The number of rotatable bonds is 3. The number of likely N-dealkylation sites (tertiary alicyclic amines) is 1. The second-order valence-corrected chi connectivity index (χ2v) is 5.54. The van der Waals surface area contributed by atoms with Crippen LogP contribution in [-0.2, 0) is 4.74 Å². The lowest BCUT2D eigenvalue weighted by Crippen LogP contribution is -2.42. The number of ether oxygens (including phenoxy) is 1. The predicted molar refractivity (Wildman–Crippen MR) is 67.0 cm³/mol. The Morgan fingerprint density at radius 2 is 1.94 bits per heavy atom. The smallest absolute Gasteiger partial charge is 0.410 e. The van der Waals surface area contributed by atoms with E-state index in [1.165, 1.54) is 12.8 Å². The third-order valence-corrected chi connectivity index (χ3v) is 3.76. The van der Waals surface area contributed by atoms with Crippen molar-refractivity contribution in [1.29, 1.82) is 0 Å². The van der Waals surface area contributed by atoms with Gasteiger partial charge in [-0.1, -0.05) is 0 Å². The van der Waals surface area contributed by atoms with Crippen molar-refractivity contribution < 1.29 is 9.53 Å². The van der Waals surface area contributed by atoms with E-state index in [1.54, 1.807) is 0 Å². The maximum atomic E-state index is 12.1. The lowest BCUT2D eigenvalue weighted by molar-refractivity contribution is 0.0591. The molecule has 1 saturated heterocycles. The molecule has 1 amide bonds. The number of hydrogen-bond donors (Lipinski definition) is 0. The largest absolute Gasteiger partial charge is 0.446 e. The van der Waals surface area contributed by atoms with Crippen LogP contribution >= 0.6 is 0 Å². The number of nitrogens with zero attached hydrogens (tertiary/aromatic N) is 2. The van der Waals surface area contributed by atoms with E-state index in [2.05, 4.69) is 19.0 Å². The zero-order valence-electron chi connectivity index (χ0n) is 11.0. The molecule has 1 unspecified atom stereocenters. The monoisotopic (exact) mass is 240 g/mol. The van der Waals surface area contributed by atoms with Crippen LogP contribution < -0.4 is 0 Å². The van der Waals surface area contributed by atoms with Gasteiger partial charge in [0.05, 0.1) is 0 Å². The Bertz CT molecular complexity index is 262. The van der Waals surface area contributed by atoms with Gasteiger partial charge in [-0.05, 0) is 52.6 Å². The van der Waals surface area contributed by atoms with E-state index in [1.807, 2.05) is 4.90 Å². The first-order valence-corrected chi connectivity index (χ1v) is 6.79. The first-order chi connectivity index (χ1) is 8.16. The highest BCUT2D eigenvalue weighted by Crippen LogP contribution is 2.24. The Kier molecular flexibility index (Phi) is 4.26. The summed E-state index contributed by atoms with van der Waals surface area (Å²) in [4.78, 5) is 16.2. The quantitative estimate of drug-likeness (QED) is 0.757. The molecule has 4 nitrogen and oxygen atoms in total. The van der Waals surface area contributed by atoms with E-state index >= 15 is 0 Å². The van der Waals surface area contributed by atoms with Gasteiger partial charge in [-0.15, -0.1) is 0 Å². The van der Waals surface area contributed by atoms with E-state index in [0.717, 1.165) is 38.8 Å². The number of amides is 1. The minimum absolute atomic E-state index is 0.0822. The molecule has 1 aliphatic carbocycles. The fraction of sp³-hybridized carbons (Fsp3) is 0.923. The second-order valence-electron chi connectivity index (χ2n) is 5.54. The van der Waals surface area contributed by atoms with Crippen molar-refractivity contribution in [2.75, 3.05) is 27.2 Å². The second kappa shape index (κ2) is 5.71. The topological polar surface area (TPSA) is 32.8 Å². The van der Waals surface area contributed by atoms with Gasteiger partial charge in [0.2, 0.25) is 0 Å². The molecular weight excluding hydrogens is 216 g/mol. The normalized spacial score (nSPS) is 25.8. The fourth-order valence-corrected chi connectivity index (χ4v) is 2.90. The van der Waals surface area contributed by atoms with Crippen LogP contribution in [0.5, 0.6) is 0 Å². The molecule has 2 aliphatic rings. The van der Waals surface area contributed by atoms with Crippen LogP contribution in [0.2, 0.25) is 0 Å². The van der Waals surface area contributed by atoms with E-state index < -0.39 is 0 Å². The summed E-state index contributed by atoms with van der Waals surface area (Å²) in [5.41, 5.74) is 0. The van der Waals surface area contributed by atoms with Crippen LogP contribution in [0.1, 0.15) is 38.5 Å². The summed E-state index contributed by atoms with van der Waals surface area (Å²) < 4.78 is 5.58. The molecule has 1 atom stereocenters. The van der Waals surface area contributed by atoms with Gasteiger partial charge in [0.1, 0.15) is 6.10 Å². The molecule has 1 saturated carbocycles. The molecule has 2 fully saturated rings. The molecule has 0 aromatic heterocycles. The van der Waals surface area contributed by atoms with Gasteiger partial charge >= 0.3 is 6.09 Å². The molecule has 0 bridgehead atoms. The third-order valence-electron chi connectivity index (χ3n) is 3.76. The molecule has 17 heavy (non-hydrogen) atoms. The highest BCUT2D eigenvalue weighted by Gasteiger charge is 2.32. The molecule has 2 rings (SSSR count). The molecule has 1 aliphatic heterocycles. The molecule has 0 N–H and O–H groups in total. The summed E-state index contributed by atoms with van der Waals surface area (Å²) in [5.74, 6) is 0. The minimum atomic E-state index is -0.0822. The summed E-state index contributed by atoms with van der Waals surface area (Å²) >= 11 is 0. The summed E-state index contributed by atoms with van der Waals surface area (Å²) in [5, 5.41) is 0. The van der Waals surface area contributed by atoms with E-state index in [4.69, 9.17) is 4.74 Å². The average molecular weight is 240 g/mol. The highest BCUT2D eigenvalue weighted by atomic mass is 16.6. The van der Waals surface area contributed by atoms with Crippen molar-refractivity contribution in [2.45, 2.75) is 50.7 Å². The highest BCUT2D eigenvalue weighted by molar-refractivity contribution is 5.68. The van der Waals surface area contributed by atoms with Crippen molar-refractivity contribution in [3.63, 3.8) is 0 Å². The van der Waals surface area contributed by atoms with Crippen LogP contribution in [0.25, 0.3) is 0 Å². The number of carbonyl (C=O) groups is 1. The predicted octanol–water partition coefficient (Wildman–Crippen LogP) is 2.09. The molecule has 4 heteroatoms. The maximum absolute atomic E-state index is 12.1. The first kappa shape index (κ1) is 12.7. The maximum Gasteiger partial charge on any atom is 0.410 e.